The molecule has 1 aromatic heterocycles. The van der Waals surface area contributed by atoms with Gasteiger partial charge in [0, 0.05) is 15.8 Å². The fourth-order valence-corrected chi connectivity index (χ4v) is 3.42. The summed E-state index contributed by atoms with van der Waals surface area (Å²) in [5.74, 6) is -1.77. The second-order valence-corrected chi connectivity index (χ2v) is 7.34. The molecular formula is C19H15F6NO3S. The van der Waals surface area contributed by atoms with Crippen molar-refractivity contribution in [3.05, 3.63) is 62.9 Å². The summed E-state index contributed by atoms with van der Waals surface area (Å²) in [6.07, 6.45) is -7.85. The van der Waals surface area contributed by atoms with E-state index in [9.17, 15) is 35.9 Å². The maximum absolute atomic E-state index is 13.4. The van der Waals surface area contributed by atoms with Gasteiger partial charge in [0.1, 0.15) is 0 Å². The predicted molar refractivity (Wildman–Crippen MR) is 97.8 cm³/mol. The molecule has 0 saturated heterocycles. The molecule has 30 heavy (non-hydrogen) atoms. The highest BCUT2D eigenvalue weighted by Gasteiger charge is 2.42. The Hall–Kier alpha value is -2.82. The van der Waals surface area contributed by atoms with Crippen LogP contribution in [0.15, 0.2) is 36.4 Å². The Morgan fingerprint density at radius 1 is 1.13 bits per heavy atom. The van der Waals surface area contributed by atoms with Gasteiger partial charge in [0.25, 0.3) is 0 Å². The Bertz CT molecular complexity index is 962. The van der Waals surface area contributed by atoms with E-state index in [2.05, 4.69) is 4.74 Å². The summed E-state index contributed by atoms with van der Waals surface area (Å²) < 4.78 is 83.1. The summed E-state index contributed by atoms with van der Waals surface area (Å²) in [6, 6.07) is 1.44. The van der Waals surface area contributed by atoms with Gasteiger partial charge in [-0.25, -0.2) is 4.79 Å². The zero-order valence-corrected chi connectivity index (χ0v) is 16.3. The van der Waals surface area contributed by atoms with Gasteiger partial charge in [-0.05, 0) is 36.8 Å². The van der Waals surface area contributed by atoms with E-state index in [0.717, 1.165) is 29.5 Å². The molecule has 1 atom stereocenters. The summed E-state index contributed by atoms with van der Waals surface area (Å²) in [5, 5.41) is 1.67. The number of hydrogen-bond acceptors (Lipinski definition) is 4. The summed E-state index contributed by atoms with van der Waals surface area (Å²) >= 11 is 1.11. The number of benzene rings is 1. The third kappa shape index (κ3) is 5.85. The van der Waals surface area contributed by atoms with Crippen LogP contribution in [0.5, 0.6) is 0 Å². The molecule has 0 fully saturated rings. The zero-order chi connectivity index (χ0) is 22.7. The average molecular weight is 451 g/mol. The lowest BCUT2D eigenvalue weighted by Gasteiger charge is -2.22. The Morgan fingerprint density at radius 2 is 1.80 bits per heavy atom. The first-order valence-electron chi connectivity index (χ1n) is 8.24. The van der Waals surface area contributed by atoms with Gasteiger partial charge in [0.15, 0.2) is 6.04 Å². The summed E-state index contributed by atoms with van der Waals surface area (Å²) in [4.78, 5) is 24.6. The highest BCUT2D eigenvalue weighted by atomic mass is 32.1. The predicted octanol–water partition coefficient (Wildman–Crippen LogP) is 5.29. The number of hydrogen-bond donors (Lipinski definition) is 1. The second-order valence-electron chi connectivity index (χ2n) is 6.05. The number of thiophene rings is 1. The highest BCUT2D eigenvalue weighted by molar-refractivity contribution is 7.13. The molecule has 2 aromatic rings. The standard InChI is InChI=1S/C19H15F6NO3S/c1-10-14(17(28)29-2)9-13(30-10)6-7-15(27)26-16(19(23,24)25)11-4-3-5-12(8-11)18(20,21)22/h3-9,16H,1-2H3,(H,26,27). The minimum atomic E-state index is -5.02. The number of amides is 1. The molecule has 1 aromatic carbocycles. The zero-order valence-electron chi connectivity index (χ0n) is 15.5. The Labute approximate surface area is 171 Å². The van der Waals surface area contributed by atoms with Gasteiger partial charge in [-0.3, -0.25) is 4.79 Å². The van der Waals surface area contributed by atoms with Crippen LogP contribution >= 0.6 is 11.3 Å². The Kier molecular flexibility index (Phi) is 6.96. The summed E-state index contributed by atoms with van der Waals surface area (Å²) in [5.41, 5.74) is -1.76. The van der Waals surface area contributed by atoms with Crippen molar-refractivity contribution < 1.29 is 40.7 Å². The first-order valence-corrected chi connectivity index (χ1v) is 9.05. The molecule has 162 valence electrons. The number of aryl methyl sites for hydroxylation is 1. The number of methoxy groups -OCH3 is 1. The van der Waals surface area contributed by atoms with Gasteiger partial charge < -0.3 is 10.1 Å². The number of halogens is 6. The van der Waals surface area contributed by atoms with Crippen LogP contribution < -0.4 is 5.32 Å². The van der Waals surface area contributed by atoms with Crippen molar-refractivity contribution in [3.8, 4) is 0 Å². The highest BCUT2D eigenvalue weighted by Crippen LogP contribution is 2.36. The van der Waals surface area contributed by atoms with Gasteiger partial charge >= 0.3 is 18.3 Å². The fraction of sp³-hybridized carbons (Fsp3) is 0.263. The molecule has 2 rings (SSSR count). The molecule has 0 aliphatic heterocycles. The van der Waals surface area contributed by atoms with E-state index in [4.69, 9.17) is 0 Å². The number of nitrogens with one attached hydrogen (secondary N) is 1. The molecule has 0 bridgehead atoms. The van der Waals surface area contributed by atoms with Crippen molar-refractivity contribution in [1.29, 1.82) is 0 Å². The summed E-state index contributed by atoms with van der Waals surface area (Å²) in [7, 11) is 1.19. The molecule has 0 saturated carbocycles. The molecule has 11 heteroatoms. The lowest BCUT2D eigenvalue weighted by atomic mass is 10.0. The van der Waals surface area contributed by atoms with E-state index < -0.39 is 41.4 Å². The molecule has 0 aliphatic carbocycles. The quantitative estimate of drug-likeness (QED) is 0.382. The molecule has 0 radical (unpaired) electrons. The van der Waals surface area contributed by atoms with Gasteiger partial charge in [-0.1, -0.05) is 12.1 Å². The molecular weight excluding hydrogens is 436 g/mol. The van der Waals surface area contributed by atoms with Crippen LogP contribution in [0.3, 0.4) is 0 Å². The minimum Gasteiger partial charge on any atom is -0.465 e. The Balaban J connectivity index is 2.23. The molecule has 1 unspecified atom stereocenters. The fourth-order valence-electron chi connectivity index (χ4n) is 2.50. The number of alkyl halides is 6. The van der Waals surface area contributed by atoms with Gasteiger partial charge in [-0.2, -0.15) is 26.3 Å². The van der Waals surface area contributed by atoms with Crippen molar-refractivity contribution in [2.45, 2.75) is 25.3 Å². The van der Waals surface area contributed by atoms with E-state index >= 15 is 0 Å². The number of carbonyl (C=O) groups excluding carboxylic acids is 2. The average Bonchev–Trinajstić information content (AvgIpc) is 3.03. The third-order valence-electron chi connectivity index (χ3n) is 3.90. The lowest BCUT2D eigenvalue weighted by Crippen LogP contribution is -2.37. The molecule has 4 nitrogen and oxygen atoms in total. The first kappa shape index (κ1) is 23.5. The number of esters is 1. The van der Waals surface area contributed by atoms with E-state index in [1.165, 1.54) is 19.3 Å². The number of ether oxygens (including phenoxy) is 1. The van der Waals surface area contributed by atoms with Crippen molar-refractivity contribution in [2.75, 3.05) is 7.11 Å². The van der Waals surface area contributed by atoms with E-state index in [1.54, 1.807) is 12.2 Å². The lowest BCUT2D eigenvalue weighted by molar-refractivity contribution is -0.162. The normalized spacial score (nSPS) is 13.3. The van der Waals surface area contributed by atoms with Crippen molar-refractivity contribution in [3.63, 3.8) is 0 Å². The van der Waals surface area contributed by atoms with Crippen LogP contribution in [-0.2, 0) is 15.7 Å². The topological polar surface area (TPSA) is 55.4 Å². The molecule has 1 heterocycles. The minimum absolute atomic E-state index is 0.250. The molecule has 0 aliphatic rings. The Morgan fingerprint density at radius 3 is 2.37 bits per heavy atom. The molecule has 0 spiro atoms. The number of carbonyl (C=O) groups is 2. The van der Waals surface area contributed by atoms with Crippen molar-refractivity contribution >= 4 is 29.3 Å². The maximum Gasteiger partial charge on any atom is 0.416 e. The SMILES string of the molecule is COC(=O)c1cc(C=CC(=O)NC(c2cccc(C(F)(F)F)c2)C(F)(F)F)sc1C. The van der Waals surface area contributed by atoms with E-state index in [1.807, 2.05) is 0 Å². The second kappa shape index (κ2) is 8.90. The van der Waals surface area contributed by atoms with Gasteiger partial charge in [0.2, 0.25) is 5.91 Å². The van der Waals surface area contributed by atoms with Crippen LogP contribution in [0.2, 0.25) is 0 Å². The van der Waals surface area contributed by atoms with Crippen molar-refractivity contribution in [1.82, 2.24) is 5.32 Å². The monoisotopic (exact) mass is 451 g/mol. The van der Waals surface area contributed by atoms with Gasteiger partial charge in [-0.15, -0.1) is 11.3 Å². The molecule has 1 N–H and O–H groups in total. The van der Waals surface area contributed by atoms with E-state index in [-0.39, 0.29) is 5.56 Å². The van der Waals surface area contributed by atoms with E-state index in [0.29, 0.717) is 21.9 Å². The maximum atomic E-state index is 13.4. The number of rotatable bonds is 5. The van der Waals surface area contributed by atoms with Crippen LogP contribution in [0, 0.1) is 6.92 Å². The van der Waals surface area contributed by atoms with Crippen LogP contribution in [-0.4, -0.2) is 25.2 Å². The van der Waals surface area contributed by atoms with Gasteiger partial charge in [0.05, 0.1) is 18.2 Å². The third-order valence-corrected chi connectivity index (χ3v) is 4.92. The van der Waals surface area contributed by atoms with Crippen LogP contribution in [0.25, 0.3) is 6.08 Å². The largest absolute Gasteiger partial charge is 0.465 e. The van der Waals surface area contributed by atoms with Crippen LogP contribution in [0.1, 0.15) is 37.3 Å². The smallest absolute Gasteiger partial charge is 0.416 e. The van der Waals surface area contributed by atoms with Crippen LogP contribution in [0.4, 0.5) is 26.3 Å². The first-order chi connectivity index (χ1) is 13.8. The molecule has 1 amide bonds. The summed E-state index contributed by atoms with van der Waals surface area (Å²) in [6.45, 7) is 1.63. The van der Waals surface area contributed by atoms with Crippen molar-refractivity contribution in [2.24, 2.45) is 0 Å².